The lowest BCUT2D eigenvalue weighted by Crippen LogP contribution is -2.56. The number of benzene rings is 1. The average molecular weight is 382 g/mol. The van der Waals surface area contributed by atoms with Crippen LogP contribution in [0.2, 0.25) is 10.0 Å². The fourth-order valence-corrected chi connectivity index (χ4v) is 6.23. The van der Waals surface area contributed by atoms with Crippen molar-refractivity contribution in [2.75, 3.05) is 6.61 Å². The van der Waals surface area contributed by atoms with Gasteiger partial charge in [0.2, 0.25) is 0 Å². The lowest BCUT2D eigenvalue weighted by atomic mass is 9.48. The summed E-state index contributed by atoms with van der Waals surface area (Å²) < 4.78 is 5.57. The topological polar surface area (TPSA) is 38.3 Å². The zero-order chi connectivity index (χ0) is 17.6. The Kier molecular flexibility index (Phi) is 4.66. The summed E-state index contributed by atoms with van der Waals surface area (Å²) in [5.41, 5.74) is 0.304. The van der Waals surface area contributed by atoms with Crippen LogP contribution in [0.4, 0.5) is 0 Å². The molecule has 4 aliphatic rings. The third kappa shape index (κ3) is 3.38. The average Bonchev–Trinajstić information content (AvgIpc) is 2.55. The highest BCUT2D eigenvalue weighted by Gasteiger charge is 2.53. The Hall–Kier alpha value is -0.930. The molecule has 0 aliphatic heterocycles. The van der Waals surface area contributed by atoms with Gasteiger partial charge in [0, 0.05) is 6.04 Å². The van der Waals surface area contributed by atoms with Crippen molar-refractivity contribution in [2.45, 2.75) is 51.5 Å². The summed E-state index contributed by atoms with van der Waals surface area (Å²) >= 11 is 12.1. The van der Waals surface area contributed by atoms with Crippen LogP contribution >= 0.6 is 23.2 Å². The summed E-state index contributed by atoms with van der Waals surface area (Å²) in [6, 6.07) is 5.39. The van der Waals surface area contributed by atoms with Gasteiger partial charge in [0.1, 0.15) is 10.8 Å². The van der Waals surface area contributed by atoms with E-state index in [0.717, 1.165) is 17.8 Å². The van der Waals surface area contributed by atoms with Crippen LogP contribution in [0.25, 0.3) is 0 Å². The Balaban J connectivity index is 1.35. The van der Waals surface area contributed by atoms with E-state index in [4.69, 9.17) is 27.9 Å². The van der Waals surface area contributed by atoms with Gasteiger partial charge in [-0.25, -0.2) is 0 Å². The highest BCUT2D eigenvalue weighted by atomic mass is 35.5. The van der Waals surface area contributed by atoms with Crippen molar-refractivity contribution in [3.8, 4) is 5.75 Å². The van der Waals surface area contributed by atoms with Crippen LogP contribution in [-0.2, 0) is 4.79 Å². The fraction of sp³-hybridized carbons (Fsp3) is 0.650. The normalized spacial score (nSPS) is 34.0. The second kappa shape index (κ2) is 6.66. The summed E-state index contributed by atoms with van der Waals surface area (Å²) in [5, 5.41) is 3.99. The minimum absolute atomic E-state index is 0.0310. The zero-order valence-electron chi connectivity index (χ0n) is 14.6. The lowest BCUT2D eigenvalue weighted by molar-refractivity contribution is -0.127. The van der Waals surface area contributed by atoms with E-state index in [1.807, 2.05) is 0 Å². The van der Waals surface area contributed by atoms with Crippen molar-refractivity contribution in [2.24, 2.45) is 23.2 Å². The molecule has 5 heteroatoms. The highest BCUT2D eigenvalue weighted by Crippen LogP contribution is 2.61. The Labute approximate surface area is 159 Å². The van der Waals surface area contributed by atoms with Crippen molar-refractivity contribution < 1.29 is 9.53 Å². The molecular formula is C20H25Cl2NO2. The number of amides is 1. The van der Waals surface area contributed by atoms with Gasteiger partial charge in [-0.15, -0.1) is 0 Å². The number of hydrogen-bond donors (Lipinski definition) is 1. The molecule has 4 saturated carbocycles. The van der Waals surface area contributed by atoms with Crippen molar-refractivity contribution in [3.05, 3.63) is 28.2 Å². The van der Waals surface area contributed by atoms with E-state index in [-0.39, 0.29) is 18.6 Å². The molecule has 0 spiro atoms. The van der Waals surface area contributed by atoms with Gasteiger partial charge in [-0.2, -0.15) is 0 Å². The Morgan fingerprint density at radius 3 is 2.40 bits per heavy atom. The van der Waals surface area contributed by atoms with Crippen LogP contribution in [0.15, 0.2) is 18.2 Å². The Morgan fingerprint density at radius 1 is 1.20 bits per heavy atom. The lowest BCUT2D eigenvalue weighted by Gasteiger charge is -2.59. The first-order valence-corrected chi connectivity index (χ1v) is 10.1. The van der Waals surface area contributed by atoms with Gasteiger partial charge in [-0.1, -0.05) is 29.3 Å². The van der Waals surface area contributed by atoms with Crippen LogP contribution in [0.1, 0.15) is 45.4 Å². The number of rotatable bonds is 5. The molecule has 0 aromatic heterocycles. The van der Waals surface area contributed by atoms with Crippen LogP contribution in [0.5, 0.6) is 5.75 Å². The SMILES string of the molecule is C[C@@H](NC(=O)COc1cccc(Cl)c1Cl)C12CC3CC(CC(C3)C1)C2. The van der Waals surface area contributed by atoms with Gasteiger partial charge in [-0.3, -0.25) is 4.79 Å². The molecule has 4 fully saturated rings. The van der Waals surface area contributed by atoms with E-state index in [1.165, 1.54) is 38.5 Å². The van der Waals surface area contributed by atoms with Crippen molar-refractivity contribution in [3.63, 3.8) is 0 Å². The number of halogens is 2. The van der Waals surface area contributed by atoms with Gasteiger partial charge in [0.05, 0.1) is 5.02 Å². The second-order valence-corrected chi connectivity index (χ2v) is 9.19. The summed E-state index contributed by atoms with van der Waals surface area (Å²) in [5.74, 6) is 3.01. The third-order valence-electron chi connectivity index (χ3n) is 6.66. The fourth-order valence-electron chi connectivity index (χ4n) is 5.88. The predicted molar refractivity (Wildman–Crippen MR) is 100 cm³/mol. The maximum Gasteiger partial charge on any atom is 0.258 e. The van der Waals surface area contributed by atoms with Crippen molar-refractivity contribution in [1.29, 1.82) is 0 Å². The largest absolute Gasteiger partial charge is 0.482 e. The molecule has 4 bridgehead atoms. The Bertz CT molecular complexity index is 640. The van der Waals surface area contributed by atoms with Crippen LogP contribution in [0, 0.1) is 23.2 Å². The van der Waals surface area contributed by atoms with Gasteiger partial charge in [-0.05, 0) is 80.8 Å². The van der Waals surface area contributed by atoms with E-state index in [1.54, 1.807) is 18.2 Å². The first-order chi connectivity index (χ1) is 11.9. The summed E-state index contributed by atoms with van der Waals surface area (Å²) in [7, 11) is 0. The number of carbonyl (C=O) groups excluding carboxylic acids is 1. The molecule has 25 heavy (non-hydrogen) atoms. The van der Waals surface area contributed by atoms with E-state index >= 15 is 0 Å². The highest BCUT2D eigenvalue weighted by molar-refractivity contribution is 6.42. The molecule has 0 heterocycles. The van der Waals surface area contributed by atoms with Crippen molar-refractivity contribution in [1.82, 2.24) is 5.32 Å². The van der Waals surface area contributed by atoms with Gasteiger partial charge >= 0.3 is 0 Å². The first-order valence-electron chi connectivity index (χ1n) is 9.31. The Morgan fingerprint density at radius 2 is 1.80 bits per heavy atom. The minimum atomic E-state index is -0.0840. The third-order valence-corrected chi connectivity index (χ3v) is 7.46. The molecule has 1 amide bonds. The molecule has 1 N–H and O–H groups in total. The molecule has 4 aliphatic carbocycles. The maximum absolute atomic E-state index is 12.4. The number of nitrogens with one attached hydrogen (secondary N) is 1. The van der Waals surface area contributed by atoms with E-state index in [9.17, 15) is 4.79 Å². The monoisotopic (exact) mass is 381 g/mol. The van der Waals surface area contributed by atoms with Gasteiger partial charge in [0.15, 0.2) is 6.61 Å². The molecule has 1 aromatic carbocycles. The van der Waals surface area contributed by atoms with Crippen LogP contribution < -0.4 is 10.1 Å². The van der Waals surface area contributed by atoms with E-state index < -0.39 is 0 Å². The number of hydrogen-bond acceptors (Lipinski definition) is 2. The second-order valence-electron chi connectivity index (χ2n) is 8.41. The smallest absolute Gasteiger partial charge is 0.258 e. The van der Waals surface area contributed by atoms with Crippen molar-refractivity contribution >= 4 is 29.1 Å². The summed E-state index contributed by atoms with van der Waals surface area (Å²) in [6.07, 6.45) is 8.08. The standard InChI is InChI=1S/C20H25Cl2NO2/c1-12(20-8-13-5-14(9-20)7-15(6-13)10-20)23-18(24)11-25-17-4-2-3-16(21)19(17)22/h2-4,12-15H,5-11H2,1H3,(H,23,24)/t12-,13?,14?,15?,20?/m1/s1. The quantitative estimate of drug-likeness (QED) is 0.770. The van der Waals surface area contributed by atoms with Gasteiger partial charge in [0.25, 0.3) is 5.91 Å². The molecule has 1 aromatic rings. The molecule has 5 rings (SSSR count). The molecule has 0 radical (unpaired) electrons. The summed E-state index contributed by atoms with van der Waals surface area (Å²) in [4.78, 5) is 12.4. The van der Waals surface area contributed by atoms with E-state index in [0.29, 0.717) is 21.2 Å². The zero-order valence-corrected chi connectivity index (χ0v) is 16.1. The molecular weight excluding hydrogens is 357 g/mol. The van der Waals surface area contributed by atoms with Crippen LogP contribution in [0.3, 0.4) is 0 Å². The number of ether oxygens (including phenoxy) is 1. The van der Waals surface area contributed by atoms with E-state index in [2.05, 4.69) is 12.2 Å². The van der Waals surface area contributed by atoms with Gasteiger partial charge < -0.3 is 10.1 Å². The molecule has 136 valence electrons. The van der Waals surface area contributed by atoms with Crippen LogP contribution in [-0.4, -0.2) is 18.6 Å². The molecule has 0 unspecified atom stereocenters. The molecule has 1 atom stereocenters. The number of carbonyl (C=O) groups is 1. The minimum Gasteiger partial charge on any atom is -0.482 e. The maximum atomic E-state index is 12.4. The first kappa shape index (κ1) is 17.5. The predicted octanol–water partition coefficient (Wildman–Crippen LogP) is 5.09. The molecule has 3 nitrogen and oxygen atoms in total. The summed E-state index contributed by atoms with van der Waals surface area (Å²) in [6.45, 7) is 2.15. The molecule has 0 saturated heterocycles.